The molecule has 0 radical (unpaired) electrons. The van der Waals surface area contributed by atoms with Crippen LogP contribution in [0.4, 0.5) is 0 Å². The molecule has 1 aliphatic rings. The molecule has 1 aromatic heterocycles. The number of rotatable bonds is 1. The van der Waals surface area contributed by atoms with Crippen LogP contribution in [0.25, 0.3) is 0 Å². The third kappa shape index (κ3) is 1.69. The first-order valence-corrected chi connectivity index (χ1v) is 5.49. The maximum atomic E-state index is 12.1. The van der Waals surface area contributed by atoms with E-state index in [0.29, 0.717) is 18.9 Å². The Kier molecular flexibility index (Phi) is 2.18. The van der Waals surface area contributed by atoms with Crippen LogP contribution >= 0.6 is 0 Å². The van der Waals surface area contributed by atoms with Crippen molar-refractivity contribution in [1.82, 2.24) is 20.1 Å². The molecule has 3 rings (SSSR count). The lowest BCUT2D eigenvalue weighted by atomic mass is 10.1. The molecule has 0 spiro atoms. The standard InChI is InChI=1S/C12H12N4O/c1-8-13-11(15-14-8)12(17)16-6-9-4-2-3-5-10(9)7-16/h2-5H,6-7H2,1H3,(H,13,14,15). The Hall–Kier alpha value is -2.17. The van der Waals surface area contributed by atoms with E-state index in [1.165, 1.54) is 11.1 Å². The molecule has 0 fully saturated rings. The SMILES string of the molecule is Cc1nc(C(=O)N2Cc3ccccc3C2)n[nH]1. The van der Waals surface area contributed by atoms with Crippen molar-refractivity contribution >= 4 is 5.91 Å². The third-order valence-electron chi connectivity index (χ3n) is 2.92. The van der Waals surface area contributed by atoms with E-state index < -0.39 is 0 Å². The average Bonchev–Trinajstić information content (AvgIpc) is 2.93. The monoisotopic (exact) mass is 228 g/mol. The Bertz CT molecular complexity index is 550. The Balaban J connectivity index is 1.83. The van der Waals surface area contributed by atoms with Gasteiger partial charge in [0.1, 0.15) is 5.82 Å². The van der Waals surface area contributed by atoms with Crippen molar-refractivity contribution in [3.8, 4) is 0 Å². The molecule has 0 saturated carbocycles. The van der Waals surface area contributed by atoms with Crippen LogP contribution in [-0.4, -0.2) is 26.0 Å². The fourth-order valence-corrected chi connectivity index (χ4v) is 2.06. The Morgan fingerprint density at radius 3 is 2.47 bits per heavy atom. The highest BCUT2D eigenvalue weighted by molar-refractivity contribution is 5.90. The topological polar surface area (TPSA) is 61.9 Å². The molecule has 5 heteroatoms. The van der Waals surface area contributed by atoms with Crippen molar-refractivity contribution in [3.05, 3.63) is 47.0 Å². The van der Waals surface area contributed by atoms with Crippen LogP contribution in [0, 0.1) is 6.92 Å². The summed E-state index contributed by atoms with van der Waals surface area (Å²) in [5.41, 5.74) is 2.40. The summed E-state index contributed by atoms with van der Waals surface area (Å²) in [6.45, 7) is 3.06. The van der Waals surface area contributed by atoms with Crippen molar-refractivity contribution in [2.24, 2.45) is 0 Å². The van der Waals surface area contributed by atoms with E-state index in [9.17, 15) is 4.79 Å². The van der Waals surface area contributed by atoms with E-state index in [-0.39, 0.29) is 11.7 Å². The molecule has 0 aliphatic carbocycles. The van der Waals surface area contributed by atoms with Gasteiger partial charge in [-0.1, -0.05) is 24.3 Å². The molecular weight excluding hydrogens is 216 g/mol. The molecule has 2 aromatic rings. The number of aromatic amines is 1. The number of aryl methyl sites for hydroxylation is 1. The second kappa shape index (κ2) is 3.69. The second-order valence-corrected chi connectivity index (χ2v) is 4.17. The maximum absolute atomic E-state index is 12.1. The van der Waals surface area contributed by atoms with Gasteiger partial charge in [-0.05, 0) is 18.1 Å². The molecule has 0 atom stereocenters. The zero-order valence-corrected chi connectivity index (χ0v) is 9.47. The zero-order chi connectivity index (χ0) is 11.8. The molecule has 1 N–H and O–H groups in total. The Morgan fingerprint density at radius 1 is 1.29 bits per heavy atom. The molecule has 0 bridgehead atoms. The fourth-order valence-electron chi connectivity index (χ4n) is 2.06. The minimum absolute atomic E-state index is 0.120. The van der Waals surface area contributed by atoms with Gasteiger partial charge in [-0.15, -0.1) is 5.10 Å². The lowest BCUT2D eigenvalue weighted by Crippen LogP contribution is -2.26. The van der Waals surface area contributed by atoms with E-state index in [1.54, 1.807) is 11.8 Å². The van der Waals surface area contributed by atoms with Crippen molar-refractivity contribution in [3.63, 3.8) is 0 Å². The second-order valence-electron chi connectivity index (χ2n) is 4.17. The van der Waals surface area contributed by atoms with Crippen molar-refractivity contribution < 1.29 is 4.79 Å². The number of nitrogens with zero attached hydrogens (tertiary/aromatic N) is 3. The number of hydrogen-bond acceptors (Lipinski definition) is 3. The van der Waals surface area contributed by atoms with Gasteiger partial charge in [0.2, 0.25) is 5.82 Å². The van der Waals surface area contributed by atoms with Crippen molar-refractivity contribution in [2.45, 2.75) is 20.0 Å². The molecule has 17 heavy (non-hydrogen) atoms. The van der Waals surface area contributed by atoms with Crippen LogP contribution in [-0.2, 0) is 13.1 Å². The van der Waals surface area contributed by atoms with Gasteiger partial charge in [0, 0.05) is 13.1 Å². The molecule has 1 aromatic carbocycles. The first-order valence-electron chi connectivity index (χ1n) is 5.49. The number of nitrogens with one attached hydrogen (secondary N) is 1. The summed E-state index contributed by atoms with van der Waals surface area (Å²) in [6.07, 6.45) is 0. The summed E-state index contributed by atoms with van der Waals surface area (Å²) >= 11 is 0. The van der Waals surface area contributed by atoms with E-state index in [4.69, 9.17) is 0 Å². The highest BCUT2D eigenvalue weighted by atomic mass is 16.2. The van der Waals surface area contributed by atoms with E-state index >= 15 is 0 Å². The lowest BCUT2D eigenvalue weighted by molar-refractivity contribution is 0.0739. The molecule has 0 saturated heterocycles. The quantitative estimate of drug-likeness (QED) is 0.799. The largest absolute Gasteiger partial charge is 0.327 e. The number of amides is 1. The van der Waals surface area contributed by atoms with Crippen molar-refractivity contribution in [1.29, 1.82) is 0 Å². The van der Waals surface area contributed by atoms with Crippen LogP contribution in [0.15, 0.2) is 24.3 Å². The molecule has 2 heterocycles. The molecule has 1 aliphatic heterocycles. The summed E-state index contributed by atoms with van der Waals surface area (Å²) < 4.78 is 0. The summed E-state index contributed by atoms with van der Waals surface area (Å²) in [5, 5.41) is 6.58. The summed E-state index contributed by atoms with van der Waals surface area (Å²) in [7, 11) is 0. The van der Waals surface area contributed by atoms with Crippen LogP contribution in [0.1, 0.15) is 27.6 Å². The zero-order valence-electron chi connectivity index (χ0n) is 9.47. The predicted octanol–water partition coefficient (Wildman–Crippen LogP) is 1.27. The van der Waals surface area contributed by atoms with Gasteiger partial charge in [-0.3, -0.25) is 9.89 Å². The van der Waals surface area contributed by atoms with E-state index in [1.807, 2.05) is 24.3 Å². The number of carbonyl (C=O) groups excluding carboxylic acids is 1. The summed E-state index contributed by atoms with van der Waals surface area (Å²) in [6, 6.07) is 8.07. The number of benzene rings is 1. The summed E-state index contributed by atoms with van der Waals surface area (Å²) in [5.74, 6) is 0.783. The fraction of sp³-hybridized carbons (Fsp3) is 0.250. The van der Waals surface area contributed by atoms with Crippen LogP contribution in [0.2, 0.25) is 0 Å². The van der Waals surface area contributed by atoms with Gasteiger partial charge in [-0.2, -0.15) is 0 Å². The molecule has 0 unspecified atom stereocenters. The Labute approximate surface area is 98.5 Å². The van der Waals surface area contributed by atoms with Crippen LogP contribution in [0.3, 0.4) is 0 Å². The van der Waals surface area contributed by atoms with Crippen LogP contribution in [0.5, 0.6) is 0 Å². The molecule has 1 amide bonds. The molecule has 5 nitrogen and oxygen atoms in total. The maximum Gasteiger partial charge on any atom is 0.294 e. The smallest absolute Gasteiger partial charge is 0.294 e. The Morgan fingerprint density at radius 2 is 1.94 bits per heavy atom. The van der Waals surface area contributed by atoms with Crippen molar-refractivity contribution in [2.75, 3.05) is 0 Å². The van der Waals surface area contributed by atoms with Crippen LogP contribution < -0.4 is 0 Å². The first-order chi connectivity index (χ1) is 8.24. The lowest BCUT2D eigenvalue weighted by Gasteiger charge is -2.12. The number of hydrogen-bond donors (Lipinski definition) is 1. The van der Waals surface area contributed by atoms with Gasteiger partial charge in [0.15, 0.2) is 0 Å². The highest BCUT2D eigenvalue weighted by Gasteiger charge is 2.26. The normalized spacial score (nSPS) is 13.8. The van der Waals surface area contributed by atoms with Gasteiger partial charge in [0.25, 0.3) is 5.91 Å². The predicted molar refractivity (Wildman–Crippen MR) is 61.1 cm³/mol. The highest BCUT2D eigenvalue weighted by Crippen LogP contribution is 2.23. The number of H-pyrrole nitrogens is 1. The van der Waals surface area contributed by atoms with Gasteiger partial charge < -0.3 is 4.90 Å². The van der Waals surface area contributed by atoms with E-state index in [2.05, 4.69) is 15.2 Å². The first kappa shape index (κ1) is 10.0. The third-order valence-corrected chi connectivity index (χ3v) is 2.92. The van der Waals surface area contributed by atoms with Gasteiger partial charge in [0.05, 0.1) is 0 Å². The van der Waals surface area contributed by atoms with Gasteiger partial charge in [-0.25, -0.2) is 4.98 Å². The molecular formula is C12H12N4O. The number of aromatic nitrogens is 3. The number of carbonyl (C=O) groups is 1. The molecule has 86 valence electrons. The number of fused-ring (bicyclic) bond motifs is 1. The average molecular weight is 228 g/mol. The van der Waals surface area contributed by atoms with E-state index in [0.717, 1.165) is 0 Å². The minimum Gasteiger partial charge on any atom is -0.327 e. The minimum atomic E-state index is -0.120. The van der Waals surface area contributed by atoms with Gasteiger partial charge >= 0.3 is 0 Å². The summed E-state index contributed by atoms with van der Waals surface area (Å²) in [4.78, 5) is 17.9.